The number of carbonyl (C=O) groups is 2. The third-order valence-electron chi connectivity index (χ3n) is 2.39. The van der Waals surface area contributed by atoms with Crippen LogP contribution in [-0.4, -0.2) is 47.6 Å². The SMILES string of the molecule is C=CC(=O)O[C@@H]1C=C(C(=O)OC)C[C@@H](O)[C@@H]1O. The fourth-order valence-corrected chi connectivity index (χ4v) is 1.50. The van der Waals surface area contributed by atoms with Gasteiger partial charge in [-0.3, -0.25) is 0 Å². The maximum Gasteiger partial charge on any atom is 0.333 e. The van der Waals surface area contributed by atoms with Crippen LogP contribution in [0.2, 0.25) is 0 Å². The summed E-state index contributed by atoms with van der Waals surface area (Å²) in [5.74, 6) is -1.38. The fourth-order valence-electron chi connectivity index (χ4n) is 1.50. The lowest BCUT2D eigenvalue weighted by Crippen LogP contribution is -2.43. The van der Waals surface area contributed by atoms with E-state index in [0.717, 1.165) is 6.08 Å². The number of aliphatic hydroxyl groups is 2. The van der Waals surface area contributed by atoms with Gasteiger partial charge in [-0.2, -0.15) is 0 Å². The summed E-state index contributed by atoms with van der Waals surface area (Å²) in [6, 6.07) is 0. The smallest absolute Gasteiger partial charge is 0.333 e. The molecular formula is C11H14O6. The molecule has 17 heavy (non-hydrogen) atoms. The third kappa shape index (κ3) is 3.15. The first-order chi connectivity index (χ1) is 7.99. The predicted molar refractivity (Wildman–Crippen MR) is 56.8 cm³/mol. The Labute approximate surface area is 98.1 Å². The van der Waals surface area contributed by atoms with E-state index in [0.29, 0.717) is 0 Å². The van der Waals surface area contributed by atoms with Crippen LogP contribution in [0.4, 0.5) is 0 Å². The molecule has 0 unspecified atom stereocenters. The number of esters is 2. The van der Waals surface area contributed by atoms with E-state index in [-0.39, 0.29) is 12.0 Å². The highest BCUT2D eigenvalue weighted by atomic mass is 16.6. The summed E-state index contributed by atoms with van der Waals surface area (Å²) in [6.07, 6.45) is -1.39. The quantitative estimate of drug-likeness (QED) is 0.502. The van der Waals surface area contributed by atoms with Crippen LogP contribution >= 0.6 is 0 Å². The Balaban J connectivity index is 2.88. The number of rotatable bonds is 3. The van der Waals surface area contributed by atoms with Gasteiger partial charge in [0.1, 0.15) is 12.2 Å². The van der Waals surface area contributed by atoms with Gasteiger partial charge in [0.05, 0.1) is 13.2 Å². The van der Waals surface area contributed by atoms with Crippen molar-refractivity contribution >= 4 is 11.9 Å². The van der Waals surface area contributed by atoms with Crippen molar-refractivity contribution in [2.45, 2.75) is 24.7 Å². The highest BCUT2D eigenvalue weighted by Crippen LogP contribution is 2.22. The van der Waals surface area contributed by atoms with Crippen LogP contribution in [0.5, 0.6) is 0 Å². The van der Waals surface area contributed by atoms with Crippen molar-refractivity contribution < 1.29 is 29.3 Å². The molecule has 94 valence electrons. The van der Waals surface area contributed by atoms with E-state index in [1.54, 1.807) is 0 Å². The molecule has 0 heterocycles. The molecule has 0 aromatic heterocycles. The molecule has 0 aromatic carbocycles. The van der Waals surface area contributed by atoms with Gasteiger partial charge in [-0.1, -0.05) is 6.58 Å². The monoisotopic (exact) mass is 242 g/mol. The summed E-state index contributed by atoms with van der Waals surface area (Å²) in [5.41, 5.74) is 0.159. The summed E-state index contributed by atoms with van der Waals surface area (Å²) in [5, 5.41) is 19.1. The molecule has 0 aliphatic heterocycles. The van der Waals surface area contributed by atoms with Gasteiger partial charge < -0.3 is 19.7 Å². The van der Waals surface area contributed by atoms with Gasteiger partial charge >= 0.3 is 11.9 Å². The minimum atomic E-state index is -1.27. The van der Waals surface area contributed by atoms with E-state index in [4.69, 9.17) is 4.74 Å². The lowest BCUT2D eigenvalue weighted by atomic mass is 9.92. The average Bonchev–Trinajstić information content (AvgIpc) is 2.33. The Morgan fingerprint density at radius 2 is 2.18 bits per heavy atom. The fraction of sp³-hybridized carbons (Fsp3) is 0.455. The van der Waals surface area contributed by atoms with Crippen molar-refractivity contribution in [1.82, 2.24) is 0 Å². The first-order valence-electron chi connectivity index (χ1n) is 4.97. The van der Waals surface area contributed by atoms with Crippen LogP contribution in [0.15, 0.2) is 24.3 Å². The van der Waals surface area contributed by atoms with Crippen molar-refractivity contribution in [3.8, 4) is 0 Å². The maximum absolute atomic E-state index is 11.3. The molecule has 0 spiro atoms. The Morgan fingerprint density at radius 3 is 2.71 bits per heavy atom. The van der Waals surface area contributed by atoms with Gasteiger partial charge in [-0.25, -0.2) is 9.59 Å². The highest BCUT2D eigenvalue weighted by Gasteiger charge is 2.35. The standard InChI is InChI=1S/C11H14O6/c1-3-9(13)17-8-5-6(11(15)16-2)4-7(12)10(8)14/h3,5,7-8,10,12,14H,1,4H2,2H3/t7-,8-,10+/m1/s1. The predicted octanol–water partition coefficient (Wildman–Crippen LogP) is -0.691. The number of hydrogen-bond acceptors (Lipinski definition) is 6. The molecule has 0 bridgehead atoms. The molecule has 0 aromatic rings. The van der Waals surface area contributed by atoms with Crippen LogP contribution in [0.1, 0.15) is 6.42 Å². The summed E-state index contributed by atoms with van der Waals surface area (Å²) < 4.78 is 9.29. The van der Waals surface area contributed by atoms with Gasteiger partial charge in [0.2, 0.25) is 0 Å². The number of carbonyl (C=O) groups excluding carboxylic acids is 2. The number of methoxy groups -OCH3 is 1. The minimum Gasteiger partial charge on any atom is -0.466 e. The molecule has 0 radical (unpaired) electrons. The molecule has 1 rings (SSSR count). The van der Waals surface area contributed by atoms with Crippen molar-refractivity contribution in [3.63, 3.8) is 0 Å². The highest BCUT2D eigenvalue weighted by molar-refractivity contribution is 5.89. The summed E-state index contributed by atoms with van der Waals surface area (Å²) >= 11 is 0. The second-order valence-corrected chi connectivity index (χ2v) is 3.55. The maximum atomic E-state index is 11.3. The minimum absolute atomic E-state index is 0.0457. The molecule has 1 aliphatic rings. The molecule has 3 atom stereocenters. The van der Waals surface area contributed by atoms with E-state index in [1.807, 2.05) is 0 Å². The molecule has 6 nitrogen and oxygen atoms in total. The van der Waals surface area contributed by atoms with Crippen LogP contribution in [0.25, 0.3) is 0 Å². The van der Waals surface area contributed by atoms with Gasteiger partial charge in [0, 0.05) is 18.1 Å². The summed E-state index contributed by atoms with van der Waals surface area (Å²) in [7, 11) is 1.20. The molecular weight excluding hydrogens is 228 g/mol. The molecule has 0 saturated carbocycles. The first-order valence-corrected chi connectivity index (χ1v) is 4.97. The van der Waals surface area contributed by atoms with E-state index >= 15 is 0 Å². The molecule has 1 aliphatic carbocycles. The lowest BCUT2D eigenvalue weighted by Gasteiger charge is -2.29. The van der Waals surface area contributed by atoms with Crippen LogP contribution < -0.4 is 0 Å². The zero-order valence-electron chi connectivity index (χ0n) is 9.33. The van der Waals surface area contributed by atoms with Gasteiger partial charge in [0.25, 0.3) is 0 Å². The number of hydrogen-bond donors (Lipinski definition) is 2. The van der Waals surface area contributed by atoms with Crippen LogP contribution in [-0.2, 0) is 19.1 Å². The van der Waals surface area contributed by atoms with E-state index in [1.165, 1.54) is 13.2 Å². The molecule has 2 N–H and O–H groups in total. The molecule has 0 fully saturated rings. The second kappa shape index (κ2) is 5.60. The topological polar surface area (TPSA) is 93.1 Å². The van der Waals surface area contributed by atoms with Crippen molar-refractivity contribution in [2.75, 3.05) is 7.11 Å². The first kappa shape index (κ1) is 13.4. The largest absolute Gasteiger partial charge is 0.466 e. The number of ether oxygens (including phenoxy) is 2. The van der Waals surface area contributed by atoms with Crippen molar-refractivity contribution in [1.29, 1.82) is 0 Å². The second-order valence-electron chi connectivity index (χ2n) is 3.55. The average molecular weight is 242 g/mol. The molecule has 6 heteroatoms. The Kier molecular flexibility index (Phi) is 4.42. The Hall–Kier alpha value is -1.66. The van der Waals surface area contributed by atoms with Crippen LogP contribution in [0, 0.1) is 0 Å². The van der Waals surface area contributed by atoms with Gasteiger partial charge in [0.15, 0.2) is 0 Å². The number of aliphatic hydroxyl groups excluding tert-OH is 2. The zero-order chi connectivity index (χ0) is 13.0. The molecule has 0 saturated heterocycles. The van der Waals surface area contributed by atoms with E-state index in [9.17, 15) is 19.8 Å². The Bertz CT molecular complexity index is 359. The zero-order valence-corrected chi connectivity index (χ0v) is 9.33. The summed E-state index contributed by atoms with van der Waals surface area (Å²) in [6.45, 7) is 3.21. The van der Waals surface area contributed by atoms with Gasteiger partial charge in [-0.15, -0.1) is 0 Å². The van der Waals surface area contributed by atoms with Crippen molar-refractivity contribution in [2.24, 2.45) is 0 Å². The van der Waals surface area contributed by atoms with E-state index in [2.05, 4.69) is 11.3 Å². The Morgan fingerprint density at radius 1 is 1.53 bits per heavy atom. The third-order valence-corrected chi connectivity index (χ3v) is 2.39. The van der Waals surface area contributed by atoms with Gasteiger partial charge in [-0.05, 0) is 6.08 Å². The molecule has 0 amide bonds. The van der Waals surface area contributed by atoms with Crippen LogP contribution in [0.3, 0.4) is 0 Å². The lowest BCUT2D eigenvalue weighted by molar-refractivity contribution is -0.151. The normalized spacial score (nSPS) is 27.9. The van der Waals surface area contributed by atoms with E-state index < -0.39 is 30.3 Å². The van der Waals surface area contributed by atoms with Crippen molar-refractivity contribution in [3.05, 3.63) is 24.3 Å². The summed E-state index contributed by atoms with van der Waals surface area (Å²) in [4.78, 5) is 22.3.